The van der Waals surface area contributed by atoms with Crippen molar-refractivity contribution < 1.29 is 26.9 Å². The van der Waals surface area contributed by atoms with Gasteiger partial charge < -0.3 is 9.47 Å². The van der Waals surface area contributed by atoms with Gasteiger partial charge in [-0.05, 0) is 99.0 Å². The van der Waals surface area contributed by atoms with E-state index < -0.39 is 15.9 Å². The minimum absolute atomic E-state index is 0.0431. The zero-order valence-electron chi connectivity index (χ0n) is 25.4. The van der Waals surface area contributed by atoms with Crippen LogP contribution >= 0.6 is 0 Å². The van der Waals surface area contributed by atoms with E-state index in [1.165, 1.54) is 0 Å². The Morgan fingerprint density at radius 2 is 1.71 bits per heavy atom. The third-order valence-electron chi connectivity index (χ3n) is 13.3. The molecule has 7 rings (SSSR count). The van der Waals surface area contributed by atoms with Crippen LogP contribution in [0.5, 0.6) is 0 Å². The molecule has 4 aliphatic carbocycles. The van der Waals surface area contributed by atoms with E-state index in [0.717, 1.165) is 63.5 Å². The second-order valence-electron chi connectivity index (χ2n) is 15.3. The van der Waals surface area contributed by atoms with E-state index >= 15 is 0 Å². The Balaban J connectivity index is 1.08. The molecule has 0 N–H and O–H groups in total. The maximum atomic E-state index is 14.3. The van der Waals surface area contributed by atoms with Crippen molar-refractivity contribution in [2.45, 2.75) is 115 Å². The van der Waals surface area contributed by atoms with Gasteiger partial charge in [-0.2, -0.15) is 8.42 Å². The van der Waals surface area contributed by atoms with E-state index in [1.807, 2.05) is 19.1 Å². The largest absolute Gasteiger partial charge is 0.349 e. The van der Waals surface area contributed by atoms with Crippen molar-refractivity contribution in [3.63, 3.8) is 0 Å². The SMILES string of the molecule is Cc1ccc(S(=O)(=O)O[C@H]2CC[C@@]3(C)[C@@H](CC[C@@H]4[C@@H]3CC(=O)[C@]3(C)[C@@H]5[C@@H](C[C@@H]43)O[C@]3(CC[C@H](C)CO3)[C@H]5C)C2)cc1. The van der Waals surface area contributed by atoms with Crippen molar-refractivity contribution in [2.24, 2.45) is 52.3 Å². The second kappa shape index (κ2) is 9.61. The Labute approximate surface area is 246 Å². The molecule has 1 aromatic rings. The molecule has 4 saturated carbocycles. The van der Waals surface area contributed by atoms with Gasteiger partial charge in [0.2, 0.25) is 0 Å². The van der Waals surface area contributed by atoms with Crippen LogP contribution in [0.2, 0.25) is 0 Å². The summed E-state index contributed by atoms with van der Waals surface area (Å²) in [5.41, 5.74) is 0.726. The smallest absolute Gasteiger partial charge is 0.297 e. The number of carbonyl (C=O) groups excluding carboxylic acids is 1. The highest BCUT2D eigenvalue weighted by Gasteiger charge is 2.71. The zero-order valence-corrected chi connectivity index (χ0v) is 26.3. The Bertz CT molecular complexity index is 1300. The van der Waals surface area contributed by atoms with Crippen LogP contribution in [0.15, 0.2) is 29.2 Å². The third-order valence-corrected chi connectivity index (χ3v) is 14.7. The van der Waals surface area contributed by atoms with Gasteiger partial charge in [-0.3, -0.25) is 8.98 Å². The molecule has 1 aromatic carbocycles. The lowest BCUT2D eigenvalue weighted by molar-refractivity contribution is -0.272. The lowest BCUT2D eigenvalue weighted by Crippen LogP contribution is -2.58. The number of carbonyl (C=O) groups is 1. The summed E-state index contributed by atoms with van der Waals surface area (Å²) in [5, 5.41) is 0. The molecule has 2 aliphatic heterocycles. The van der Waals surface area contributed by atoms with E-state index in [-0.39, 0.29) is 39.8 Å². The lowest BCUT2D eigenvalue weighted by atomic mass is 9.44. The average Bonchev–Trinajstić information content (AvgIpc) is 3.38. The van der Waals surface area contributed by atoms with Crippen molar-refractivity contribution in [1.82, 2.24) is 0 Å². The number of benzene rings is 1. The quantitative estimate of drug-likeness (QED) is 0.368. The number of ketones is 1. The predicted octanol–water partition coefficient (Wildman–Crippen LogP) is 6.69. The molecule has 2 heterocycles. The fourth-order valence-electron chi connectivity index (χ4n) is 10.9. The van der Waals surface area contributed by atoms with Gasteiger partial charge in [-0.1, -0.05) is 45.4 Å². The van der Waals surface area contributed by atoms with Crippen LogP contribution in [0.3, 0.4) is 0 Å². The fourth-order valence-corrected chi connectivity index (χ4v) is 12.1. The molecule has 12 atom stereocenters. The minimum atomic E-state index is -3.79. The zero-order chi connectivity index (χ0) is 28.9. The van der Waals surface area contributed by atoms with Crippen LogP contribution in [0, 0.1) is 59.2 Å². The Hall–Kier alpha value is -1.28. The summed E-state index contributed by atoms with van der Waals surface area (Å²) in [5.74, 6) is 2.58. The Morgan fingerprint density at radius 3 is 2.41 bits per heavy atom. The normalized spacial score (nSPS) is 49.3. The number of hydrogen-bond acceptors (Lipinski definition) is 6. The summed E-state index contributed by atoms with van der Waals surface area (Å²) < 4.78 is 45.2. The molecule has 6 nitrogen and oxygen atoms in total. The van der Waals surface area contributed by atoms with Crippen molar-refractivity contribution in [3.05, 3.63) is 29.8 Å². The van der Waals surface area contributed by atoms with Crippen LogP contribution in [0.1, 0.15) is 91.0 Å². The highest BCUT2D eigenvalue weighted by atomic mass is 32.2. The first-order valence-electron chi connectivity index (χ1n) is 16.2. The van der Waals surface area contributed by atoms with Gasteiger partial charge in [0, 0.05) is 30.1 Å². The number of aryl methyl sites for hydroxylation is 1. The van der Waals surface area contributed by atoms with E-state index in [9.17, 15) is 13.2 Å². The van der Waals surface area contributed by atoms with Gasteiger partial charge in [0.15, 0.2) is 5.79 Å². The molecular weight excluding hydrogens is 536 g/mol. The van der Waals surface area contributed by atoms with Crippen LogP contribution < -0.4 is 0 Å². The maximum Gasteiger partial charge on any atom is 0.297 e. The van der Waals surface area contributed by atoms with Crippen LogP contribution in [0.25, 0.3) is 0 Å². The summed E-state index contributed by atoms with van der Waals surface area (Å²) in [6.07, 6.45) is 8.09. The molecular formula is C34H48O6S. The molecule has 2 saturated heterocycles. The number of fused-ring (bicyclic) bond motifs is 7. The first-order chi connectivity index (χ1) is 19.4. The van der Waals surface area contributed by atoms with Crippen molar-refractivity contribution in [3.8, 4) is 0 Å². The van der Waals surface area contributed by atoms with Gasteiger partial charge >= 0.3 is 0 Å². The van der Waals surface area contributed by atoms with Gasteiger partial charge in [0.05, 0.1) is 23.7 Å². The standard InChI is InChI=1S/C34H48O6S/c1-20-6-9-25(10-7-20)41(36,37)40-24-13-14-32(4)23(16-24)8-11-26-27(32)18-30(35)33(5)28(26)17-29-31(33)22(3)34(39-29)15-12-21(2)19-38-34/h6-7,9-10,21-24,26-29,31H,8,11-19H2,1-5H3/t21-,22-,23-,24-,26+,27-,28-,29+,31-,32-,33+,34+/m0/s1. The molecule has 41 heavy (non-hydrogen) atoms. The Kier molecular flexibility index (Phi) is 6.68. The third kappa shape index (κ3) is 4.18. The Morgan fingerprint density at radius 1 is 0.951 bits per heavy atom. The van der Waals surface area contributed by atoms with Crippen molar-refractivity contribution in [2.75, 3.05) is 6.61 Å². The molecule has 0 unspecified atom stereocenters. The van der Waals surface area contributed by atoms with E-state index in [2.05, 4.69) is 27.7 Å². The van der Waals surface area contributed by atoms with Gasteiger partial charge in [0.25, 0.3) is 10.1 Å². The maximum absolute atomic E-state index is 14.3. The molecule has 226 valence electrons. The summed E-state index contributed by atoms with van der Waals surface area (Å²) in [7, 11) is -3.79. The number of ether oxygens (including phenoxy) is 2. The molecule has 6 aliphatic rings. The van der Waals surface area contributed by atoms with Crippen molar-refractivity contribution >= 4 is 15.9 Å². The highest BCUT2D eigenvalue weighted by molar-refractivity contribution is 7.86. The summed E-state index contributed by atoms with van der Waals surface area (Å²) >= 11 is 0. The van der Waals surface area contributed by atoms with E-state index in [0.29, 0.717) is 41.8 Å². The van der Waals surface area contributed by atoms with E-state index in [1.54, 1.807) is 12.1 Å². The average molecular weight is 585 g/mol. The molecule has 0 aromatic heterocycles. The van der Waals surface area contributed by atoms with Gasteiger partial charge in [-0.15, -0.1) is 0 Å². The number of Topliss-reactive ketones (excluding diaryl/α,β-unsaturated/α-hetero) is 1. The topological polar surface area (TPSA) is 78.9 Å². The monoisotopic (exact) mass is 584 g/mol. The molecule has 7 heteroatoms. The van der Waals surface area contributed by atoms with Gasteiger partial charge in [0.1, 0.15) is 5.78 Å². The second-order valence-corrected chi connectivity index (χ2v) is 16.9. The number of rotatable bonds is 3. The fraction of sp³-hybridized carbons (Fsp3) is 0.794. The minimum Gasteiger partial charge on any atom is -0.349 e. The highest BCUT2D eigenvalue weighted by Crippen LogP contribution is 2.70. The predicted molar refractivity (Wildman–Crippen MR) is 155 cm³/mol. The number of hydrogen-bond donors (Lipinski definition) is 0. The molecule has 6 fully saturated rings. The first-order valence-corrected chi connectivity index (χ1v) is 17.6. The van der Waals surface area contributed by atoms with E-state index in [4.69, 9.17) is 13.7 Å². The first kappa shape index (κ1) is 28.5. The van der Waals surface area contributed by atoms with Crippen molar-refractivity contribution in [1.29, 1.82) is 0 Å². The molecule has 1 spiro atoms. The summed E-state index contributed by atoms with van der Waals surface area (Å²) in [6, 6.07) is 6.90. The van der Waals surface area contributed by atoms with Crippen LogP contribution in [0.4, 0.5) is 0 Å². The molecule has 0 bridgehead atoms. The lowest BCUT2D eigenvalue weighted by Gasteiger charge is -2.60. The summed E-state index contributed by atoms with van der Waals surface area (Å²) in [6.45, 7) is 11.9. The van der Waals surface area contributed by atoms with Crippen LogP contribution in [-0.4, -0.2) is 38.8 Å². The van der Waals surface area contributed by atoms with Crippen LogP contribution in [-0.2, 0) is 28.6 Å². The molecule has 0 amide bonds. The van der Waals surface area contributed by atoms with Gasteiger partial charge in [-0.25, -0.2) is 0 Å². The molecule has 0 radical (unpaired) electrons. The summed E-state index contributed by atoms with van der Waals surface area (Å²) in [4.78, 5) is 14.5.